The van der Waals surface area contributed by atoms with Crippen molar-refractivity contribution >= 4 is 32.2 Å². The maximum atomic E-state index is 13.6. The number of rotatable bonds is 7. The van der Waals surface area contributed by atoms with E-state index < -0.39 is 32.5 Å². The average molecular weight is 488 g/mol. The molecule has 1 aliphatic rings. The molecule has 1 amide bonds. The van der Waals surface area contributed by atoms with Gasteiger partial charge >= 0.3 is 0 Å². The summed E-state index contributed by atoms with van der Waals surface area (Å²) in [4.78, 5) is 33.2. The highest BCUT2D eigenvalue weighted by Gasteiger charge is 2.37. The lowest BCUT2D eigenvalue weighted by molar-refractivity contribution is -0.117. The lowest BCUT2D eigenvalue weighted by Crippen LogP contribution is -2.32. The first-order valence-corrected chi connectivity index (χ1v) is 13.1. The molecular weight excluding hydrogens is 462 g/mol. The molecular formula is C23H25N3O5S2. The number of anilines is 1. The van der Waals surface area contributed by atoms with E-state index in [1.165, 1.54) is 29.5 Å². The van der Waals surface area contributed by atoms with E-state index in [1.54, 1.807) is 30.6 Å². The molecule has 3 aromatic rings. The zero-order valence-electron chi connectivity index (χ0n) is 18.1. The van der Waals surface area contributed by atoms with E-state index in [0.29, 0.717) is 29.2 Å². The minimum Gasteiger partial charge on any atom is -0.508 e. The van der Waals surface area contributed by atoms with E-state index in [2.05, 4.69) is 15.3 Å². The van der Waals surface area contributed by atoms with Crippen LogP contribution in [-0.4, -0.2) is 34.6 Å². The number of sulfone groups is 1. The number of aryl methyl sites for hydroxylation is 1. The molecule has 0 saturated heterocycles. The highest BCUT2D eigenvalue weighted by atomic mass is 32.2. The Kier molecular flexibility index (Phi) is 6.66. The Morgan fingerprint density at radius 1 is 1.27 bits per heavy atom. The fourth-order valence-electron chi connectivity index (χ4n) is 4.28. The summed E-state index contributed by atoms with van der Waals surface area (Å²) in [5, 5.41) is 13.8. The van der Waals surface area contributed by atoms with Gasteiger partial charge in [-0.25, -0.2) is 13.4 Å². The molecule has 0 bridgehead atoms. The van der Waals surface area contributed by atoms with Gasteiger partial charge in [0.15, 0.2) is 15.0 Å². The number of amides is 1. The van der Waals surface area contributed by atoms with Crippen LogP contribution >= 0.6 is 11.3 Å². The van der Waals surface area contributed by atoms with Crippen LogP contribution in [0.4, 0.5) is 5.13 Å². The Balaban J connectivity index is 1.84. The predicted molar refractivity (Wildman–Crippen MR) is 127 cm³/mol. The number of hydrogen-bond acceptors (Lipinski definition) is 7. The van der Waals surface area contributed by atoms with Crippen LogP contribution in [0.15, 0.2) is 51.6 Å². The van der Waals surface area contributed by atoms with Crippen LogP contribution in [-0.2, 0) is 21.1 Å². The summed E-state index contributed by atoms with van der Waals surface area (Å²) in [5.41, 5.74) is 0.444. The summed E-state index contributed by atoms with van der Waals surface area (Å²) < 4.78 is 27.1. The number of phenolic OH excluding ortho intramolecular Hbond substituents is 1. The number of phenols is 1. The number of nitrogens with one attached hydrogen (secondary N) is 2. The third-order valence-corrected chi connectivity index (χ3v) is 8.91. The number of carbonyl (C=O) groups is 1. The van der Waals surface area contributed by atoms with E-state index in [1.807, 2.05) is 0 Å². The van der Waals surface area contributed by atoms with Gasteiger partial charge in [0, 0.05) is 22.8 Å². The molecule has 0 aliphatic heterocycles. The van der Waals surface area contributed by atoms with Crippen molar-refractivity contribution in [3.63, 3.8) is 0 Å². The number of thiazole rings is 1. The minimum absolute atomic E-state index is 0.0605. The van der Waals surface area contributed by atoms with Crippen molar-refractivity contribution in [2.45, 2.75) is 55.1 Å². The van der Waals surface area contributed by atoms with Crippen molar-refractivity contribution in [2.24, 2.45) is 0 Å². The SMILES string of the molecule is Cc1cc(S(=O)(=O)C2CCCC2)c(C(Cc2ccc(O)cc2)C(=O)Nc2nccs2)c(=O)[nH]1. The molecule has 1 aromatic carbocycles. The van der Waals surface area contributed by atoms with Gasteiger partial charge in [0.25, 0.3) is 5.56 Å². The Labute approximate surface area is 195 Å². The van der Waals surface area contributed by atoms with Gasteiger partial charge in [-0.2, -0.15) is 0 Å². The van der Waals surface area contributed by atoms with Crippen molar-refractivity contribution in [1.82, 2.24) is 9.97 Å². The molecule has 33 heavy (non-hydrogen) atoms. The summed E-state index contributed by atoms with van der Waals surface area (Å²) >= 11 is 1.23. The van der Waals surface area contributed by atoms with Gasteiger partial charge in [-0.05, 0) is 49.9 Å². The zero-order valence-corrected chi connectivity index (χ0v) is 19.7. The fourth-order valence-corrected chi connectivity index (χ4v) is 7.01. The first-order valence-electron chi connectivity index (χ1n) is 10.7. The van der Waals surface area contributed by atoms with E-state index in [0.717, 1.165) is 12.8 Å². The molecule has 1 fully saturated rings. The molecule has 0 radical (unpaired) electrons. The zero-order chi connectivity index (χ0) is 23.6. The molecule has 2 heterocycles. The lowest BCUT2D eigenvalue weighted by atomic mass is 9.91. The van der Waals surface area contributed by atoms with Gasteiger partial charge < -0.3 is 15.4 Å². The third kappa shape index (κ3) is 5.01. The van der Waals surface area contributed by atoms with Gasteiger partial charge in [-0.15, -0.1) is 11.3 Å². The second-order valence-corrected chi connectivity index (χ2v) is 11.4. The minimum atomic E-state index is -3.81. The maximum absolute atomic E-state index is 13.6. The van der Waals surface area contributed by atoms with Gasteiger partial charge in [-0.1, -0.05) is 25.0 Å². The van der Waals surface area contributed by atoms with Crippen molar-refractivity contribution in [3.8, 4) is 5.75 Å². The van der Waals surface area contributed by atoms with Crippen LogP contribution in [0.2, 0.25) is 0 Å². The quantitative estimate of drug-likeness (QED) is 0.468. The number of nitrogens with zero attached hydrogens (tertiary/aromatic N) is 1. The number of aromatic hydroxyl groups is 1. The number of benzene rings is 1. The molecule has 0 spiro atoms. The van der Waals surface area contributed by atoms with Crippen molar-refractivity contribution in [2.75, 3.05) is 5.32 Å². The van der Waals surface area contributed by atoms with Gasteiger partial charge in [0.2, 0.25) is 5.91 Å². The van der Waals surface area contributed by atoms with Crippen molar-refractivity contribution in [1.29, 1.82) is 0 Å². The summed E-state index contributed by atoms with van der Waals surface area (Å²) in [5.74, 6) is -1.52. The normalized spacial score (nSPS) is 15.4. The molecule has 174 valence electrons. The van der Waals surface area contributed by atoms with Crippen LogP contribution in [0.3, 0.4) is 0 Å². The van der Waals surface area contributed by atoms with Crippen molar-refractivity contribution in [3.05, 3.63) is 69.1 Å². The van der Waals surface area contributed by atoms with Gasteiger partial charge in [0.05, 0.1) is 16.1 Å². The predicted octanol–water partition coefficient (Wildman–Crippen LogP) is 3.53. The van der Waals surface area contributed by atoms with Crippen LogP contribution in [0.5, 0.6) is 5.75 Å². The molecule has 1 saturated carbocycles. The summed E-state index contributed by atoms with van der Waals surface area (Å²) in [7, 11) is -3.81. The Morgan fingerprint density at radius 3 is 2.61 bits per heavy atom. The standard InChI is InChI=1S/C23H25N3O5S2/c1-14-12-19(33(30,31)17-4-2-3-5-17)20(22(29)25-14)18(13-15-6-8-16(27)9-7-15)21(28)26-23-24-10-11-32-23/h6-12,17-18,27H,2-5,13H2,1H3,(H,25,29)(H,24,26,28). The number of pyridine rings is 1. The molecule has 2 aromatic heterocycles. The molecule has 4 rings (SSSR count). The van der Waals surface area contributed by atoms with E-state index in [4.69, 9.17) is 0 Å². The largest absolute Gasteiger partial charge is 0.508 e. The highest BCUT2D eigenvalue weighted by molar-refractivity contribution is 7.92. The van der Waals surface area contributed by atoms with Crippen LogP contribution in [0.25, 0.3) is 0 Å². The smallest absolute Gasteiger partial charge is 0.253 e. The van der Waals surface area contributed by atoms with E-state index >= 15 is 0 Å². The van der Waals surface area contributed by atoms with Crippen molar-refractivity contribution < 1.29 is 18.3 Å². The molecule has 1 aliphatic carbocycles. The fraction of sp³-hybridized carbons (Fsp3) is 0.348. The molecule has 3 N–H and O–H groups in total. The average Bonchev–Trinajstić information content (AvgIpc) is 3.48. The Bertz CT molecular complexity index is 1290. The number of H-pyrrole nitrogens is 1. The van der Waals surface area contributed by atoms with Gasteiger partial charge in [-0.3, -0.25) is 9.59 Å². The maximum Gasteiger partial charge on any atom is 0.253 e. The second kappa shape index (κ2) is 9.48. The molecule has 10 heteroatoms. The monoisotopic (exact) mass is 487 g/mol. The number of aromatic nitrogens is 2. The summed E-state index contributed by atoms with van der Waals surface area (Å²) in [6.07, 6.45) is 4.36. The van der Waals surface area contributed by atoms with Gasteiger partial charge in [0.1, 0.15) is 5.75 Å². The Morgan fingerprint density at radius 2 is 1.97 bits per heavy atom. The highest BCUT2D eigenvalue weighted by Crippen LogP contribution is 2.34. The van der Waals surface area contributed by atoms with Crippen LogP contribution < -0.4 is 10.9 Å². The van der Waals surface area contributed by atoms with E-state index in [9.17, 15) is 23.1 Å². The van der Waals surface area contributed by atoms with E-state index in [-0.39, 0.29) is 22.6 Å². The molecule has 1 unspecified atom stereocenters. The topological polar surface area (TPSA) is 129 Å². The Hall–Kier alpha value is -2.98. The van der Waals surface area contributed by atoms with Crippen LogP contribution in [0.1, 0.15) is 48.4 Å². The lowest BCUT2D eigenvalue weighted by Gasteiger charge is -2.21. The summed E-state index contributed by atoms with van der Waals surface area (Å²) in [6.45, 7) is 1.63. The number of hydrogen-bond donors (Lipinski definition) is 3. The van der Waals surface area contributed by atoms with Crippen LogP contribution in [0, 0.1) is 6.92 Å². The number of aromatic amines is 1. The first-order chi connectivity index (χ1) is 15.8. The molecule has 1 atom stereocenters. The summed E-state index contributed by atoms with van der Waals surface area (Å²) in [6, 6.07) is 7.73. The first kappa shape index (κ1) is 23.2. The molecule has 8 nitrogen and oxygen atoms in total. The second-order valence-electron chi connectivity index (χ2n) is 8.26. The number of carbonyl (C=O) groups excluding carboxylic acids is 1. The third-order valence-electron chi connectivity index (χ3n) is 5.92.